The van der Waals surface area contributed by atoms with Crippen LogP contribution in [-0.2, 0) is 16.6 Å². The largest absolute Gasteiger partial charge is 0.326 e. The van der Waals surface area contributed by atoms with Gasteiger partial charge in [-0.3, -0.25) is 0 Å². The Morgan fingerprint density at radius 3 is 2.41 bits per heavy atom. The lowest BCUT2D eigenvalue weighted by Gasteiger charge is -2.13. The van der Waals surface area contributed by atoms with Crippen molar-refractivity contribution in [2.75, 3.05) is 0 Å². The first-order valence-electron chi connectivity index (χ1n) is 4.98. The molecule has 0 aliphatic carbocycles. The third-order valence-electron chi connectivity index (χ3n) is 1.98. The molecule has 1 aromatic rings. The molecule has 0 radical (unpaired) electrons. The van der Waals surface area contributed by atoms with Crippen LogP contribution in [0.15, 0.2) is 17.0 Å². The molecule has 0 amide bonds. The minimum absolute atomic E-state index is 0.0409. The zero-order valence-electron chi connectivity index (χ0n) is 9.50. The third kappa shape index (κ3) is 3.56. The van der Waals surface area contributed by atoms with Crippen molar-refractivity contribution in [1.29, 1.82) is 0 Å². The molecule has 0 saturated carbocycles. The van der Waals surface area contributed by atoms with E-state index >= 15 is 0 Å². The molecule has 7 heteroatoms. The van der Waals surface area contributed by atoms with Crippen molar-refractivity contribution in [2.24, 2.45) is 5.73 Å². The van der Waals surface area contributed by atoms with Gasteiger partial charge in [-0.1, -0.05) is 23.2 Å². The monoisotopic (exact) mass is 296 g/mol. The standard InChI is InChI=1S/C10H14Cl2N2O2S/c1-6(2)14-17(15,16)9-4-8(11)3-7(5-13)10(9)12/h3-4,6,14H,5,13H2,1-2H3. The molecule has 0 saturated heterocycles. The molecular weight excluding hydrogens is 283 g/mol. The summed E-state index contributed by atoms with van der Waals surface area (Å²) in [5.41, 5.74) is 5.98. The van der Waals surface area contributed by atoms with Gasteiger partial charge in [-0.2, -0.15) is 0 Å². The molecule has 17 heavy (non-hydrogen) atoms. The fourth-order valence-corrected chi connectivity index (χ4v) is 3.53. The van der Waals surface area contributed by atoms with Gasteiger partial charge in [0, 0.05) is 17.6 Å². The van der Waals surface area contributed by atoms with E-state index in [0.29, 0.717) is 10.6 Å². The molecule has 0 aromatic heterocycles. The van der Waals surface area contributed by atoms with E-state index in [0.717, 1.165) is 0 Å². The zero-order valence-corrected chi connectivity index (χ0v) is 11.8. The Labute approximate surface area is 111 Å². The van der Waals surface area contributed by atoms with Crippen LogP contribution in [0.3, 0.4) is 0 Å². The van der Waals surface area contributed by atoms with Gasteiger partial charge in [-0.05, 0) is 31.5 Å². The van der Waals surface area contributed by atoms with Gasteiger partial charge in [0.2, 0.25) is 10.0 Å². The van der Waals surface area contributed by atoms with Crippen molar-refractivity contribution < 1.29 is 8.42 Å². The number of hydrogen-bond donors (Lipinski definition) is 2. The molecule has 0 spiro atoms. The quantitative estimate of drug-likeness (QED) is 0.894. The van der Waals surface area contributed by atoms with Gasteiger partial charge in [-0.15, -0.1) is 0 Å². The van der Waals surface area contributed by atoms with Crippen LogP contribution in [0.1, 0.15) is 19.4 Å². The van der Waals surface area contributed by atoms with E-state index in [2.05, 4.69) is 4.72 Å². The molecule has 0 atom stereocenters. The van der Waals surface area contributed by atoms with Gasteiger partial charge < -0.3 is 5.73 Å². The lowest BCUT2D eigenvalue weighted by Crippen LogP contribution is -2.30. The van der Waals surface area contributed by atoms with Gasteiger partial charge in [0.15, 0.2) is 0 Å². The normalized spacial score (nSPS) is 12.1. The van der Waals surface area contributed by atoms with Crippen molar-refractivity contribution in [2.45, 2.75) is 31.3 Å². The van der Waals surface area contributed by atoms with Crippen LogP contribution in [-0.4, -0.2) is 14.5 Å². The molecule has 3 N–H and O–H groups in total. The summed E-state index contributed by atoms with van der Waals surface area (Å²) >= 11 is 11.8. The molecule has 1 aromatic carbocycles. The van der Waals surface area contributed by atoms with Crippen molar-refractivity contribution in [1.82, 2.24) is 4.72 Å². The first kappa shape index (κ1) is 14.7. The van der Waals surface area contributed by atoms with Gasteiger partial charge in [0.05, 0.1) is 5.02 Å². The molecule has 0 fully saturated rings. The molecule has 96 valence electrons. The van der Waals surface area contributed by atoms with Crippen LogP contribution in [0, 0.1) is 0 Å². The highest BCUT2D eigenvalue weighted by molar-refractivity contribution is 7.89. The van der Waals surface area contributed by atoms with Crippen molar-refractivity contribution in [3.8, 4) is 0 Å². The Bertz CT molecular complexity index is 515. The highest BCUT2D eigenvalue weighted by Crippen LogP contribution is 2.29. The number of nitrogens with two attached hydrogens (primary N) is 1. The summed E-state index contributed by atoms with van der Waals surface area (Å²) in [6.45, 7) is 3.57. The third-order valence-corrected chi connectivity index (χ3v) is 4.44. The lowest BCUT2D eigenvalue weighted by molar-refractivity contribution is 0.570. The van der Waals surface area contributed by atoms with E-state index in [4.69, 9.17) is 28.9 Å². The molecule has 0 heterocycles. The summed E-state index contributed by atoms with van der Waals surface area (Å²) in [5.74, 6) is 0. The minimum Gasteiger partial charge on any atom is -0.326 e. The average molecular weight is 297 g/mol. The number of benzene rings is 1. The Balaban J connectivity index is 3.36. The maximum absolute atomic E-state index is 12.0. The summed E-state index contributed by atoms with van der Waals surface area (Å²) in [7, 11) is -3.67. The summed E-state index contributed by atoms with van der Waals surface area (Å²) in [6, 6.07) is 2.64. The van der Waals surface area contributed by atoms with Gasteiger partial charge in [-0.25, -0.2) is 13.1 Å². The Morgan fingerprint density at radius 1 is 1.35 bits per heavy atom. The van der Waals surface area contributed by atoms with Gasteiger partial charge >= 0.3 is 0 Å². The van der Waals surface area contributed by atoms with Crippen molar-refractivity contribution in [3.05, 3.63) is 27.7 Å². The molecular formula is C10H14Cl2N2O2S. The summed E-state index contributed by atoms with van der Waals surface area (Å²) in [5, 5.41) is 0.407. The maximum Gasteiger partial charge on any atom is 0.242 e. The Morgan fingerprint density at radius 2 is 1.94 bits per heavy atom. The summed E-state index contributed by atoms with van der Waals surface area (Å²) < 4.78 is 26.4. The molecule has 1 rings (SSSR count). The number of sulfonamides is 1. The van der Waals surface area contributed by atoms with Crippen LogP contribution in [0.25, 0.3) is 0 Å². The first-order chi connectivity index (χ1) is 7.77. The Kier molecular flexibility index (Phi) is 4.80. The predicted molar refractivity (Wildman–Crippen MR) is 69.8 cm³/mol. The van der Waals surface area contributed by atoms with E-state index in [1.54, 1.807) is 19.9 Å². The average Bonchev–Trinajstić information content (AvgIpc) is 2.18. The smallest absolute Gasteiger partial charge is 0.242 e. The summed E-state index contributed by atoms with van der Waals surface area (Å²) in [4.78, 5) is -0.0409. The second-order valence-electron chi connectivity index (χ2n) is 3.86. The summed E-state index contributed by atoms with van der Waals surface area (Å²) in [6.07, 6.45) is 0. The van der Waals surface area contributed by atoms with E-state index in [1.165, 1.54) is 6.07 Å². The second-order valence-corrected chi connectivity index (χ2v) is 6.35. The maximum atomic E-state index is 12.0. The van der Waals surface area contributed by atoms with Gasteiger partial charge in [0.1, 0.15) is 4.90 Å². The number of rotatable bonds is 4. The fraction of sp³-hybridized carbons (Fsp3) is 0.400. The minimum atomic E-state index is -3.67. The van der Waals surface area contributed by atoms with E-state index in [-0.39, 0.29) is 22.5 Å². The second kappa shape index (κ2) is 5.54. The number of halogens is 2. The fourth-order valence-electron chi connectivity index (χ4n) is 1.34. The van der Waals surface area contributed by atoms with Crippen molar-refractivity contribution in [3.63, 3.8) is 0 Å². The van der Waals surface area contributed by atoms with Crippen LogP contribution in [0.5, 0.6) is 0 Å². The van der Waals surface area contributed by atoms with E-state index in [9.17, 15) is 8.42 Å². The highest BCUT2D eigenvalue weighted by atomic mass is 35.5. The topological polar surface area (TPSA) is 72.2 Å². The van der Waals surface area contributed by atoms with Crippen LogP contribution >= 0.6 is 23.2 Å². The van der Waals surface area contributed by atoms with E-state index in [1.807, 2.05) is 0 Å². The molecule has 4 nitrogen and oxygen atoms in total. The highest BCUT2D eigenvalue weighted by Gasteiger charge is 2.21. The predicted octanol–water partition coefficient (Wildman–Crippen LogP) is 2.14. The van der Waals surface area contributed by atoms with Crippen molar-refractivity contribution >= 4 is 33.2 Å². The molecule has 0 unspecified atom stereocenters. The van der Waals surface area contributed by atoms with Crippen LogP contribution < -0.4 is 10.5 Å². The van der Waals surface area contributed by atoms with Crippen LogP contribution in [0.4, 0.5) is 0 Å². The molecule has 0 bridgehead atoms. The first-order valence-corrected chi connectivity index (χ1v) is 7.22. The molecule has 0 aliphatic rings. The number of nitrogens with one attached hydrogen (secondary N) is 1. The SMILES string of the molecule is CC(C)NS(=O)(=O)c1cc(Cl)cc(CN)c1Cl. The van der Waals surface area contributed by atoms with Gasteiger partial charge in [0.25, 0.3) is 0 Å². The number of hydrogen-bond acceptors (Lipinski definition) is 3. The van der Waals surface area contributed by atoms with Crippen LogP contribution in [0.2, 0.25) is 10.0 Å². The zero-order chi connectivity index (χ0) is 13.2. The Hall–Kier alpha value is -0.330. The van der Waals surface area contributed by atoms with E-state index < -0.39 is 10.0 Å². The lowest BCUT2D eigenvalue weighted by atomic mass is 10.2. The molecule has 0 aliphatic heterocycles.